The molecule has 0 bridgehead atoms. The second kappa shape index (κ2) is 4.16. The largest absolute Gasteiger partial charge is 0.341 e. The molecule has 1 aromatic rings. The molecule has 0 saturated heterocycles. The summed E-state index contributed by atoms with van der Waals surface area (Å²) in [6.07, 6.45) is 2.13. The van der Waals surface area contributed by atoms with E-state index in [4.69, 9.17) is 0 Å². The summed E-state index contributed by atoms with van der Waals surface area (Å²) in [5.41, 5.74) is 1.47. The van der Waals surface area contributed by atoms with E-state index in [0.29, 0.717) is 0 Å². The highest BCUT2D eigenvalue weighted by atomic mass is 35.5. The Bertz CT molecular complexity index is 181. The van der Waals surface area contributed by atoms with Crippen molar-refractivity contribution in [1.29, 1.82) is 0 Å². The number of halogens is 2. The molecular formula is C6H9Cl2NS. The average Bonchev–Trinajstić information content (AvgIpc) is 2.15. The Labute approximate surface area is 77.0 Å². The third-order valence-electron chi connectivity index (χ3n) is 1.40. The van der Waals surface area contributed by atoms with E-state index < -0.39 is 0 Å². The molecule has 10 heavy (non-hydrogen) atoms. The predicted octanol–water partition coefficient (Wildman–Crippen LogP) is 2.54. The minimum atomic E-state index is 0. The molecule has 0 aliphatic carbocycles. The summed E-state index contributed by atoms with van der Waals surface area (Å²) in [5, 5.41) is 0. The van der Waals surface area contributed by atoms with Gasteiger partial charge in [0.1, 0.15) is 0 Å². The van der Waals surface area contributed by atoms with Crippen LogP contribution in [0, 0.1) is 0 Å². The molecule has 0 amide bonds. The van der Waals surface area contributed by atoms with Gasteiger partial charge in [-0.3, -0.25) is 0 Å². The second-order valence-electron chi connectivity index (χ2n) is 1.95. The van der Waals surface area contributed by atoms with Crippen molar-refractivity contribution < 1.29 is 0 Å². The van der Waals surface area contributed by atoms with Crippen LogP contribution in [0.25, 0.3) is 0 Å². The van der Waals surface area contributed by atoms with Crippen LogP contribution in [0.15, 0.2) is 18.3 Å². The van der Waals surface area contributed by atoms with E-state index in [-0.39, 0.29) is 24.8 Å². The van der Waals surface area contributed by atoms with Crippen LogP contribution >= 0.6 is 36.6 Å². The Kier molecular flexibility index (Phi) is 4.25. The highest BCUT2D eigenvalue weighted by Crippen LogP contribution is 2.22. The predicted molar refractivity (Wildman–Crippen MR) is 50.2 cm³/mol. The van der Waals surface area contributed by atoms with Gasteiger partial charge < -0.3 is 4.57 Å². The standard InChI is InChI=1S/C6H7NS.2ClH/c1-2-6-4-8-5-7(6)3-1;;/h1-3H,4-5H2;2*1H. The van der Waals surface area contributed by atoms with E-state index >= 15 is 0 Å². The van der Waals surface area contributed by atoms with Gasteiger partial charge in [0.25, 0.3) is 0 Å². The molecule has 0 radical (unpaired) electrons. The fourth-order valence-corrected chi connectivity index (χ4v) is 1.97. The summed E-state index contributed by atoms with van der Waals surface area (Å²) in [6, 6.07) is 4.29. The Morgan fingerprint density at radius 2 is 2.20 bits per heavy atom. The Morgan fingerprint density at radius 3 is 2.90 bits per heavy atom. The summed E-state index contributed by atoms with van der Waals surface area (Å²) in [5.74, 6) is 2.36. The fraction of sp³-hybridized carbons (Fsp3) is 0.333. The van der Waals surface area contributed by atoms with Gasteiger partial charge in [0.2, 0.25) is 0 Å². The van der Waals surface area contributed by atoms with E-state index in [9.17, 15) is 0 Å². The molecule has 58 valence electrons. The van der Waals surface area contributed by atoms with E-state index in [2.05, 4.69) is 22.9 Å². The minimum Gasteiger partial charge on any atom is -0.341 e. The molecule has 1 aliphatic heterocycles. The maximum absolute atomic E-state index is 2.28. The molecule has 1 aromatic heterocycles. The van der Waals surface area contributed by atoms with Crippen LogP contribution in [0.5, 0.6) is 0 Å². The van der Waals surface area contributed by atoms with Crippen molar-refractivity contribution in [2.45, 2.75) is 11.6 Å². The number of hydrogen-bond acceptors (Lipinski definition) is 1. The summed E-state index contributed by atoms with van der Waals surface area (Å²) >= 11 is 1.97. The first kappa shape index (κ1) is 10.2. The number of nitrogens with zero attached hydrogens (tertiary/aromatic N) is 1. The molecule has 0 unspecified atom stereocenters. The lowest BCUT2D eigenvalue weighted by Gasteiger charge is -1.88. The quantitative estimate of drug-likeness (QED) is 0.620. The maximum atomic E-state index is 2.28. The molecule has 2 heterocycles. The second-order valence-corrected chi connectivity index (χ2v) is 2.90. The monoisotopic (exact) mass is 197 g/mol. The lowest BCUT2D eigenvalue weighted by Crippen LogP contribution is -1.85. The van der Waals surface area contributed by atoms with Crippen LogP contribution in [-0.2, 0) is 11.6 Å². The smallest absolute Gasteiger partial charge is 0.0683 e. The number of aromatic nitrogens is 1. The van der Waals surface area contributed by atoms with Gasteiger partial charge in [-0.05, 0) is 12.1 Å². The third kappa shape index (κ3) is 1.62. The SMILES string of the molecule is Cl.Cl.c1cc2n(c1)CSC2. The van der Waals surface area contributed by atoms with Gasteiger partial charge in [0, 0.05) is 17.6 Å². The maximum Gasteiger partial charge on any atom is 0.0683 e. The van der Waals surface area contributed by atoms with Gasteiger partial charge in [-0.1, -0.05) is 0 Å². The molecule has 2 rings (SSSR count). The number of rotatable bonds is 0. The van der Waals surface area contributed by atoms with Gasteiger partial charge in [0.15, 0.2) is 0 Å². The van der Waals surface area contributed by atoms with Gasteiger partial charge >= 0.3 is 0 Å². The first-order valence-electron chi connectivity index (χ1n) is 2.68. The molecule has 0 atom stereocenters. The molecule has 0 fully saturated rings. The molecule has 1 aliphatic rings. The van der Waals surface area contributed by atoms with Crippen molar-refractivity contribution in [2.75, 3.05) is 0 Å². The zero-order valence-electron chi connectivity index (χ0n) is 5.32. The summed E-state index contributed by atoms with van der Waals surface area (Å²) in [6.45, 7) is 0. The van der Waals surface area contributed by atoms with Crippen LogP contribution in [-0.4, -0.2) is 4.57 Å². The van der Waals surface area contributed by atoms with E-state index in [1.54, 1.807) is 0 Å². The number of fused-ring (bicyclic) bond motifs is 1. The van der Waals surface area contributed by atoms with Crippen molar-refractivity contribution in [1.82, 2.24) is 4.57 Å². The van der Waals surface area contributed by atoms with Crippen molar-refractivity contribution >= 4 is 36.6 Å². The van der Waals surface area contributed by atoms with Crippen molar-refractivity contribution in [3.05, 3.63) is 24.0 Å². The van der Waals surface area contributed by atoms with Crippen molar-refractivity contribution in [3.8, 4) is 0 Å². The Hall–Kier alpha value is 0.210. The van der Waals surface area contributed by atoms with E-state index in [1.807, 2.05) is 11.8 Å². The zero-order chi connectivity index (χ0) is 5.40. The zero-order valence-corrected chi connectivity index (χ0v) is 7.77. The van der Waals surface area contributed by atoms with Crippen molar-refractivity contribution in [2.24, 2.45) is 0 Å². The van der Waals surface area contributed by atoms with Crippen molar-refractivity contribution in [3.63, 3.8) is 0 Å². The third-order valence-corrected chi connectivity index (χ3v) is 2.36. The fourth-order valence-electron chi connectivity index (χ4n) is 0.955. The molecule has 1 nitrogen and oxygen atoms in total. The molecule has 0 spiro atoms. The molecule has 0 saturated carbocycles. The lowest BCUT2D eigenvalue weighted by atomic mass is 10.5. The molecule has 0 N–H and O–H groups in total. The van der Waals surface area contributed by atoms with Crippen LogP contribution in [0.2, 0.25) is 0 Å². The minimum absolute atomic E-state index is 0. The highest BCUT2D eigenvalue weighted by molar-refractivity contribution is 7.97. The number of hydrogen-bond donors (Lipinski definition) is 0. The van der Waals surface area contributed by atoms with E-state index in [1.165, 1.54) is 11.4 Å². The molecular weight excluding hydrogens is 189 g/mol. The molecule has 0 aromatic carbocycles. The summed E-state index contributed by atoms with van der Waals surface area (Å²) < 4.78 is 2.28. The van der Waals surface area contributed by atoms with Crippen LogP contribution in [0.4, 0.5) is 0 Å². The van der Waals surface area contributed by atoms with E-state index in [0.717, 1.165) is 5.88 Å². The normalized spacial score (nSPS) is 13.2. The van der Waals surface area contributed by atoms with Crippen LogP contribution in [0.1, 0.15) is 5.69 Å². The molecule has 4 heteroatoms. The Balaban J connectivity index is 0.000000405. The summed E-state index contributed by atoms with van der Waals surface area (Å²) in [4.78, 5) is 0. The van der Waals surface area contributed by atoms with Gasteiger partial charge in [0.05, 0.1) is 5.88 Å². The van der Waals surface area contributed by atoms with Crippen LogP contribution in [0.3, 0.4) is 0 Å². The topological polar surface area (TPSA) is 4.93 Å². The first-order valence-corrected chi connectivity index (χ1v) is 3.84. The van der Waals surface area contributed by atoms with Gasteiger partial charge in [-0.15, -0.1) is 36.6 Å². The first-order chi connectivity index (χ1) is 3.97. The van der Waals surface area contributed by atoms with Gasteiger partial charge in [-0.25, -0.2) is 0 Å². The summed E-state index contributed by atoms with van der Waals surface area (Å²) in [7, 11) is 0. The highest BCUT2D eigenvalue weighted by Gasteiger charge is 2.06. The lowest BCUT2D eigenvalue weighted by molar-refractivity contribution is 0.888. The van der Waals surface area contributed by atoms with Gasteiger partial charge in [-0.2, -0.15) is 0 Å². The Morgan fingerprint density at radius 1 is 1.40 bits per heavy atom. The number of thioether (sulfide) groups is 1. The average molecular weight is 198 g/mol. The van der Waals surface area contributed by atoms with Crippen LogP contribution < -0.4 is 0 Å².